The van der Waals surface area contributed by atoms with Crippen LogP contribution in [0.25, 0.3) is 11.3 Å². The third kappa shape index (κ3) is 3.50. The molecule has 0 aliphatic carbocycles. The number of urea groups is 1. The molecule has 0 saturated carbocycles. The van der Waals surface area contributed by atoms with Crippen LogP contribution >= 0.6 is 0 Å². The largest absolute Gasteiger partial charge is 0.351 e. The quantitative estimate of drug-likeness (QED) is 0.741. The van der Waals surface area contributed by atoms with Gasteiger partial charge in [0.05, 0.1) is 12.2 Å². The third-order valence-electron chi connectivity index (χ3n) is 4.50. The van der Waals surface area contributed by atoms with Crippen LogP contribution in [0.3, 0.4) is 0 Å². The van der Waals surface area contributed by atoms with Gasteiger partial charge in [-0.05, 0) is 24.3 Å². The highest BCUT2D eigenvalue weighted by molar-refractivity contribution is 5.95. The molecular weight excluding hydrogens is 344 g/mol. The SMILES string of the molecule is NC(=O)Nc1ccc(C(=O)N2CC(n3cc(-c4ccccc4)nn3)C2)cc1. The number of carbonyl (C=O) groups is 2. The molecule has 4 rings (SSSR count). The summed E-state index contributed by atoms with van der Waals surface area (Å²) >= 11 is 0. The second-order valence-electron chi connectivity index (χ2n) is 6.38. The van der Waals surface area contributed by atoms with Crippen molar-refractivity contribution in [2.75, 3.05) is 18.4 Å². The molecule has 0 spiro atoms. The predicted octanol–water partition coefficient (Wildman–Crippen LogP) is 2.13. The summed E-state index contributed by atoms with van der Waals surface area (Å²) in [4.78, 5) is 25.1. The maximum atomic E-state index is 12.5. The van der Waals surface area contributed by atoms with Crippen molar-refractivity contribution in [3.63, 3.8) is 0 Å². The fraction of sp³-hybridized carbons (Fsp3) is 0.158. The van der Waals surface area contributed by atoms with E-state index in [9.17, 15) is 9.59 Å². The van der Waals surface area contributed by atoms with Gasteiger partial charge in [0.15, 0.2) is 0 Å². The molecule has 8 nitrogen and oxygen atoms in total. The first-order valence-electron chi connectivity index (χ1n) is 8.53. The Kier molecular flexibility index (Phi) is 4.29. The minimum absolute atomic E-state index is 0.0553. The zero-order valence-electron chi connectivity index (χ0n) is 14.4. The van der Waals surface area contributed by atoms with Crippen molar-refractivity contribution in [2.24, 2.45) is 5.73 Å². The second-order valence-corrected chi connectivity index (χ2v) is 6.38. The minimum Gasteiger partial charge on any atom is -0.351 e. The number of nitrogens with zero attached hydrogens (tertiary/aromatic N) is 4. The minimum atomic E-state index is -0.637. The Bertz CT molecular complexity index is 961. The molecular formula is C19H18N6O2. The van der Waals surface area contributed by atoms with E-state index >= 15 is 0 Å². The first kappa shape index (κ1) is 16.8. The number of amides is 3. The predicted molar refractivity (Wildman–Crippen MR) is 100 cm³/mol. The molecule has 3 N–H and O–H groups in total. The molecule has 0 radical (unpaired) electrons. The third-order valence-corrected chi connectivity index (χ3v) is 4.50. The van der Waals surface area contributed by atoms with E-state index in [1.165, 1.54) is 0 Å². The van der Waals surface area contributed by atoms with Crippen LogP contribution in [0.15, 0.2) is 60.8 Å². The molecule has 1 aliphatic heterocycles. The maximum absolute atomic E-state index is 12.5. The van der Waals surface area contributed by atoms with E-state index in [0.717, 1.165) is 11.3 Å². The molecule has 2 aromatic carbocycles. The summed E-state index contributed by atoms with van der Waals surface area (Å²) in [6, 6.07) is 16.0. The number of primary amides is 1. The van der Waals surface area contributed by atoms with Gasteiger partial charge in [-0.2, -0.15) is 0 Å². The van der Waals surface area contributed by atoms with Gasteiger partial charge >= 0.3 is 6.03 Å². The average molecular weight is 362 g/mol. The summed E-state index contributed by atoms with van der Waals surface area (Å²) in [5.74, 6) is -0.0553. The lowest BCUT2D eigenvalue weighted by atomic mass is 10.1. The smallest absolute Gasteiger partial charge is 0.316 e. The van der Waals surface area contributed by atoms with Gasteiger partial charge in [-0.25, -0.2) is 9.48 Å². The average Bonchev–Trinajstić information content (AvgIpc) is 3.11. The molecule has 1 fully saturated rings. The van der Waals surface area contributed by atoms with Crippen molar-refractivity contribution in [3.8, 4) is 11.3 Å². The number of nitrogens with two attached hydrogens (primary N) is 1. The fourth-order valence-electron chi connectivity index (χ4n) is 3.01. The van der Waals surface area contributed by atoms with Crippen LogP contribution in [0.1, 0.15) is 16.4 Å². The lowest BCUT2D eigenvalue weighted by Crippen LogP contribution is -2.50. The Morgan fingerprint density at radius 2 is 1.74 bits per heavy atom. The number of nitrogens with one attached hydrogen (secondary N) is 1. The zero-order chi connectivity index (χ0) is 18.8. The Balaban J connectivity index is 1.37. The molecule has 2 heterocycles. The van der Waals surface area contributed by atoms with E-state index < -0.39 is 6.03 Å². The summed E-state index contributed by atoms with van der Waals surface area (Å²) in [6.45, 7) is 1.16. The second kappa shape index (κ2) is 6.91. The van der Waals surface area contributed by atoms with Crippen molar-refractivity contribution < 1.29 is 9.59 Å². The maximum Gasteiger partial charge on any atom is 0.316 e. The van der Waals surface area contributed by atoms with Gasteiger partial charge < -0.3 is 16.0 Å². The normalized spacial score (nSPS) is 13.9. The van der Waals surface area contributed by atoms with Crippen LogP contribution in [-0.4, -0.2) is 44.9 Å². The molecule has 0 atom stereocenters. The molecule has 136 valence electrons. The molecule has 0 unspecified atom stereocenters. The highest BCUT2D eigenvalue weighted by Gasteiger charge is 2.33. The van der Waals surface area contributed by atoms with Gasteiger partial charge in [0, 0.05) is 29.9 Å². The monoisotopic (exact) mass is 362 g/mol. The van der Waals surface area contributed by atoms with Crippen molar-refractivity contribution in [3.05, 3.63) is 66.4 Å². The summed E-state index contributed by atoms with van der Waals surface area (Å²) in [5, 5.41) is 10.9. The summed E-state index contributed by atoms with van der Waals surface area (Å²) < 4.78 is 1.81. The number of anilines is 1. The van der Waals surface area contributed by atoms with Crippen molar-refractivity contribution >= 4 is 17.6 Å². The van der Waals surface area contributed by atoms with Gasteiger partial charge in [-0.1, -0.05) is 35.5 Å². The number of benzene rings is 2. The fourth-order valence-corrected chi connectivity index (χ4v) is 3.01. The van der Waals surface area contributed by atoms with Crippen LogP contribution < -0.4 is 11.1 Å². The number of likely N-dealkylation sites (tertiary alicyclic amines) is 1. The molecule has 1 aliphatic rings. The number of hydrogen-bond donors (Lipinski definition) is 2. The molecule has 1 aromatic heterocycles. The first-order valence-corrected chi connectivity index (χ1v) is 8.53. The van der Waals surface area contributed by atoms with Gasteiger partial charge in [-0.15, -0.1) is 5.10 Å². The molecule has 8 heteroatoms. The van der Waals surface area contributed by atoms with Crippen molar-refractivity contribution in [2.45, 2.75) is 6.04 Å². The Labute approximate surface area is 155 Å². The van der Waals surface area contributed by atoms with Crippen LogP contribution in [0.4, 0.5) is 10.5 Å². The van der Waals surface area contributed by atoms with Crippen LogP contribution in [0, 0.1) is 0 Å². The zero-order valence-corrected chi connectivity index (χ0v) is 14.4. The van der Waals surface area contributed by atoms with Crippen molar-refractivity contribution in [1.82, 2.24) is 19.9 Å². The number of aromatic nitrogens is 3. The highest BCUT2D eigenvalue weighted by Crippen LogP contribution is 2.25. The number of carbonyl (C=O) groups excluding carboxylic acids is 2. The van der Waals surface area contributed by atoms with E-state index in [2.05, 4.69) is 15.6 Å². The molecule has 1 saturated heterocycles. The number of rotatable bonds is 4. The highest BCUT2D eigenvalue weighted by atomic mass is 16.2. The standard InChI is InChI=1S/C19H18N6O2/c20-19(27)21-15-8-6-14(7-9-15)18(26)24-10-16(11-24)25-12-17(22-23-25)13-4-2-1-3-5-13/h1-9,12,16H,10-11H2,(H3,20,21,27). The Morgan fingerprint density at radius 3 is 2.41 bits per heavy atom. The van der Waals surface area contributed by atoms with E-state index in [4.69, 9.17) is 5.73 Å². The molecule has 27 heavy (non-hydrogen) atoms. The van der Waals surface area contributed by atoms with Gasteiger partial charge in [-0.3, -0.25) is 4.79 Å². The number of hydrogen-bond acceptors (Lipinski definition) is 4. The molecule has 3 aromatic rings. The summed E-state index contributed by atoms with van der Waals surface area (Å²) in [5.41, 5.74) is 8.02. The van der Waals surface area contributed by atoms with Crippen LogP contribution in [0.5, 0.6) is 0 Å². The van der Waals surface area contributed by atoms with Crippen molar-refractivity contribution in [1.29, 1.82) is 0 Å². The molecule has 3 amide bonds. The summed E-state index contributed by atoms with van der Waals surface area (Å²) in [6.07, 6.45) is 1.91. The van der Waals surface area contributed by atoms with E-state index in [-0.39, 0.29) is 11.9 Å². The van der Waals surface area contributed by atoms with E-state index in [1.54, 1.807) is 29.2 Å². The van der Waals surface area contributed by atoms with Gasteiger partial charge in [0.25, 0.3) is 5.91 Å². The first-order chi connectivity index (χ1) is 13.1. The Hall–Kier alpha value is -3.68. The van der Waals surface area contributed by atoms with E-state index in [1.807, 2.05) is 41.2 Å². The topological polar surface area (TPSA) is 106 Å². The Morgan fingerprint density at radius 1 is 1.04 bits per heavy atom. The van der Waals surface area contributed by atoms with Crippen LogP contribution in [0.2, 0.25) is 0 Å². The summed E-state index contributed by atoms with van der Waals surface area (Å²) in [7, 11) is 0. The lowest BCUT2D eigenvalue weighted by molar-refractivity contribution is 0.0498. The lowest BCUT2D eigenvalue weighted by Gasteiger charge is -2.38. The van der Waals surface area contributed by atoms with Gasteiger partial charge in [0.1, 0.15) is 5.69 Å². The molecule has 0 bridgehead atoms. The van der Waals surface area contributed by atoms with E-state index in [0.29, 0.717) is 24.3 Å². The van der Waals surface area contributed by atoms with Gasteiger partial charge in [0.2, 0.25) is 0 Å². The van der Waals surface area contributed by atoms with Crippen LogP contribution in [-0.2, 0) is 0 Å².